The third-order valence-corrected chi connectivity index (χ3v) is 4.71. The number of fused-ring (bicyclic) bond motifs is 1. The first kappa shape index (κ1) is 12.8. The monoisotopic (exact) mass is 283 g/mol. The van der Waals surface area contributed by atoms with Gasteiger partial charge in [-0.15, -0.1) is 0 Å². The highest BCUT2D eigenvalue weighted by Gasteiger charge is 2.31. The molecule has 0 radical (unpaired) electrons. The molecule has 21 heavy (non-hydrogen) atoms. The molecule has 4 heterocycles. The van der Waals surface area contributed by atoms with Crippen molar-refractivity contribution in [3.8, 4) is 5.82 Å². The molecule has 4 rings (SSSR count). The Bertz CT molecular complexity index is 577. The van der Waals surface area contributed by atoms with Crippen molar-refractivity contribution in [2.75, 3.05) is 18.4 Å². The van der Waals surface area contributed by atoms with E-state index in [2.05, 4.69) is 26.3 Å². The normalized spacial score (nSPS) is 25.7. The van der Waals surface area contributed by atoms with E-state index in [-0.39, 0.29) is 0 Å². The molecule has 5 nitrogen and oxygen atoms in total. The molecule has 0 saturated carbocycles. The maximum absolute atomic E-state index is 4.50. The Hall–Kier alpha value is -1.88. The predicted molar refractivity (Wildman–Crippen MR) is 82.6 cm³/mol. The summed E-state index contributed by atoms with van der Waals surface area (Å²) in [6, 6.07) is 5.54. The molecule has 2 unspecified atom stereocenters. The van der Waals surface area contributed by atoms with Gasteiger partial charge in [-0.3, -0.25) is 4.57 Å². The third-order valence-electron chi connectivity index (χ3n) is 4.71. The molecule has 5 heteroatoms. The van der Waals surface area contributed by atoms with Crippen molar-refractivity contribution in [2.45, 2.75) is 37.8 Å². The van der Waals surface area contributed by atoms with Crippen molar-refractivity contribution in [3.63, 3.8) is 0 Å². The molecule has 0 spiro atoms. The van der Waals surface area contributed by atoms with Crippen LogP contribution in [-0.4, -0.2) is 44.6 Å². The highest BCUT2D eigenvalue weighted by molar-refractivity contribution is 5.44. The van der Waals surface area contributed by atoms with Gasteiger partial charge in [0, 0.05) is 31.0 Å². The lowest BCUT2D eigenvalue weighted by Crippen LogP contribution is -2.42. The van der Waals surface area contributed by atoms with E-state index in [4.69, 9.17) is 0 Å². The van der Waals surface area contributed by atoms with Gasteiger partial charge in [0.15, 0.2) is 0 Å². The minimum absolute atomic E-state index is 0.588. The number of hydrogen-bond acceptors (Lipinski definition) is 4. The maximum Gasteiger partial charge on any atom is 0.137 e. The number of nitrogens with one attached hydrogen (secondary N) is 1. The fourth-order valence-electron chi connectivity index (χ4n) is 3.61. The van der Waals surface area contributed by atoms with Gasteiger partial charge in [0.2, 0.25) is 0 Å². The third kappa shape index (κ3) is 2.65. The number of anilines is 1. The van der Waals surface area contributed by atoms with E-state index >= 15 is 0 Å². The van der Waals surface area contributed by atoms with Gasteiger partial charge in [0.25, 0.3) is 0 Å². The first-order chi connectivity index (χ1) is 10.4. The Morgan fingerprint density at radius 3 is 3.00 bits per heavy atom. The van der Waals surface area contributed by atoms with Gasteiger partial charge in [-0.2, -0.15) is 0 Å². The van der Waals surface area contributed by atoms with E-state index in [0.29, 0.717) is 6.04 Å². The van der Waals surface area contributed by atoms with Crippen LogP contribution in [0.5, 0.6) is 0 Å². The number of hydrogen-bond donors (Lipinski definition) is 1. The van der Waals surface area contributed by atoms with Crippen molar-refractivity contribution in [2.24, 2.45) is 0 Å². The van der Waals surface area contributed by atoms with Crippen LogP contribution in [0.3, 0.4) is 0 Å². The quantitative estimate of drug-likeness (QED) is 0.939. The number of pyridine rings is 1. The lowest BCUT2D eigenvalue weighted by Gasteiger charge is -2.35. The SMILES string of the molecule is c1cn(-c2ccc(NC3CCN4CCCC4C3)cn2)cn1. The second-order valence-corrected chi connectivity index (χ2v) is 6.07. The minimum Gasteiger partial charge on any atom is -0.381 e. The zero-order chi connectivity index (χ0) is 14.1. The van der Waals surface area contributed by atoms with E-state index in [9.17, 15) is 0 Å². The number of imidazole rings is 1. The summed E-state index contributed by atoms with van der Waals surface area (Å²) in [7, 11) is 0. The lowest BCUT2D eigenvalue weighted by atomic mass is 9.97. The van der Waals surface area contributed by atoms with E-state index in [1.807, 2.05) is 23.0 Å². The molecule has 0 bridgehead atoms. The Balaban J connectivity index is 1.41. The first-order valence-electron chi connectivity index (χ1n) is 7.83. The molecule has 2 aromatic heterocycles. The van der Waals surface area contributed by atoms with E-state index in [1.54, 1.807) is 12.5 Å². The van der Waals surface area contributed by atoms with Crippen molar-refractivity contribution in [1.29, 1.82) is 0 Å². The van der Waals surface area contributed by atoms with Crippen LogP contribution in [0.4, 0.5) is 5.69 Å². The standard InChI is InChI=1S/C16H21N5/c1-2-15-10-13(5-8-20(15)7-1)19-14-3-4-16(18-11-14)21-9-6-17-12-21/h3-4,6,9,11-13,15,19H,1-2,5,7-8,10H2. The lowest BCUT2D eigenvalue weighted by molar-refractivity contribution is 0.188. The number of rotatable bonds is 3. The van der Waals surface area contributed by atoms with Crippen molar-refractivity contribution >= 4 is 5.69 Å². The summed E-state index contributed by atoms with van der Waals surface area (Å²) in [6.45, 7) is 2.54. The Labute approximate surface area is 125 Å². The van der Waals surface area contributed by atoms with Gasteiger partial charge in [0.1, 0.15) is 12.1 Å². The number of piperidine rings is 1. The molecule has 2 aromatic rings. The fourth-order valence-corrected chi connectivity index (χ4v) is 3.61. The van der Waals surface area contributed by atoms with E-state index in [0.717, 1.165) is 17.5 Å². The largest absolute Gasteiger partial charge is 0.381 e. The van der Waals surface area contributed by atoms with Gasteiger partial charge >= 0.3 is 0 Å². The van der Waals surface area contributed by atoms with Crippen molar-refractivity contribution < 1.29 is 0 Å². The zero-order valence-corrected chi connectivity index (χ0v) is 12.2. The molecule has 1 N–H and O–H groups in total. The highest BCUT2D eigenvalue weighted by Crippen LogP contribution is 2.28. The molecule has 0 amide bonds. The summed E-state index contributed by atoms with van der Waals surface area (Å²) in [5.74, 6) is 0.906. The Kier molecular flexibility index (Phi) is 3.35. The van der Waals surface area contributed by atoms with Crippen LogP contribution in [0.15, 0.2) is 37.1 Å². The number of aromatic nitrogens is 3. The highest BCUT2D eigenvalue weighted by atomic mass is 15.2. The Morgan fingerprint density at radius 2 is 2.19 bits per heavy atom. The molecular formula is C16H21N5. The van der Waals surface area contributed by atoms with Crippen LogP contribution in [-0.2, 0) is 0 Å². The fraction of sp³-hybridized carbons (Fsp3) is 0.500. The molecular weight excluding hydrogens is 262 g/mol. The van der Waals surface area contributed by atoms with Crippen LogP contribution >= 0.6 is 0 Å². The van der Waals surface area contributed by atoms with E-state index in [1.165, 1.54) is 38.8 Å². The molecule has 110 valence electrons. The smallest absolute Gasteiger partial charge is 0.137 e. The molecule has 0 aliphatic carbocycles. The van der Waals surface area contributed by atoms with Crippen LogP contribution in [0, 0.1) is 0 Å². The summed E-state index contributed by atoms with van der Waals surface area (Å²) in [6.07, 6.45) is 12.6. The second-order valence-electron chi connectivity index (χ2n) is 6.07. The molecule has 2 saturated heterocycles. The molecule has 2 fully saturated rings. The number of nitrogens with zero attached hydrogens (tertiary/aromatic N) is 4. The summed E-state index contributed by atoms with van der Waals surface area (Å²) in [5, 5.41) is 3.65. The van der Waals surface area contributed by atoms with Gasteiger partial charge in [-0.1, -0.05) is 0 Å². The predicted octanol–water partition coefficient (Wildman–Crippen LogP) is 2.31. The van der Waals surface area contributed by atoms with Gasteiger partial charge in [-0.25, -0.2) is 9.97 Å². The van der Waals surface area contributed by atoms with Crippen LogP contribution in [0.2, 0.25) is 0 Å². The second kappa shape index (κ2) is 5.48. The molecule has 2 aliphatic rings. The van der Waals surface area contributed by atoms with Crippen LogP contribution in [0.1, 0.15) is 25.7 Å². The summed E-state index contributed by atoms with van der Waals surface area (Å²) >= 11 is 0. The van der Waals surface area contributed by atoms with Crippen LogP contribution < -0.4 is 5.32 Å². The minimum atomic E-state index is 0.588. The Morgan fingerprint density at radius 1 is 1.19 bits per heavy atom. The summed E-state index contributed by atoms with van der Waals surface area (Å²) < 4.78 is 1.92. The average Bonchev–Trinajstić information content (AvgIpc) is 3.19. The van der Waals surface area contributed by atoms with Crippen LogP contribution in [0.25, 0.3) is 5.82 Å². The van der Waals surface area contributed by atoms with E-state index < -0.39 is 0 Å². The van der Waals surface area contributed by atoms with Gasteiger partial charge in [-0.05, 0) is 44.4 Å². The van der Waals surface area contributed by atoms with Crippen molar-refractivity contribution in [3.05, 3.63) is 37.1 Å². The van der Waals surface area contributed by atoms with Gasteiger partial charge in [0.05, 0.1) is 11.9 Å². The van der Waals surface area contributed by atoms with Gasteiger partial charge < -0.3 is 10.2 Å². The molecule has 2 aliphatic heterocycles. The maximum atomic E-state index is 4.50. The molecule has 0 aromatic carbocycles. The zero-order valence-electron chi connectivity index (χ0n) is 12.2. The topological polar surface area (TPSA) is 46.0 Å². The van der Waals surface area contributed by atoms with Crippen molar-refractivity contribution in [1.82, 2.24) is 19.4 Å². The molecule has 2 atom stereocenters. The average molecular weight is 283 g/mol. The first-order valence-corrected chi connectivity index (χ1v) is 7.83. The summed E-state index contributed by atoms with van der Waals surface area (Å²) in [4.78, 5) is 11.2. The summed E-state index contributed by atoms with van der Waals surface area (Å²) in [5.41, 5.74) is 1.12.